The van der Waals surface area contributed by atoms with E-state index in [-0.39, 0.29) is 5.92 Å². The van der Waals surface area contributed by atoms with Crippen LogP contribution in [0, 0.1) is 5.92 Å². The Morgan fingerprint density at radius 3 is 2.22 bits per heavy atom. The van der Waals surface area contributed by atoms with E-state index in [1.54, 1.807) is 0 Å². The lowest BCUT2D eigenvalue weighted by atomic mass is 9.83. The molecule has 1 aliphatic rings. The fourth-order valence-corrected chi connectivity index (χ4v) is 8.43. The molecule has 1 saturated carbocycles. The third-order valence-electron chi connectivity index (χ3n) is 3.72. The lowest BCUT2D eigenvalue weighted by molar-refractivity contribution is 0.293. The number of unbranched alkanes of at least 4 members (excludes halogenated alkanes) is 2. The van der Waals surface area contributed by atoms with Gasteiger partial charge in [0.1, 0.15) is 8.83 Å². The Hall–Kier alpha value is 1.96. The first-order valence-electron chi connectivity index (χ1n) is 6.30. The standard InChI is InChI=1S/C11H18Cl6Si/c1-2-3-4-6-9-7-5-8-10(12,11(9,13)14)18(15,16)17/h9H,2-8H2,1H3. The van der Waals surface area contributed by atoms with E-state index in [2.05, 4.69) is 6.92 Å². The molecule has 2 atom stereocenters. The van der Waals surface area contributed by atoms with E-state index in [0.717, 1.165) is 32.1 Å². The minimum absolute atomic E-state index is 0.113. The molecule has 2 unspecified atom stereocenters. The Labute approximate surface area is 140 Å². The Morgan fingerprint density at radius 2 is 1.72 bits per heavy atom. The average Bonchev–Trinajstić information content (AvgIpc) is 2.23. The Balaban J connectivity index is 2.84. The normalized spacial score (nSPS) is 32.5. The van der Waals surface area contributed by atoms with Gasteiger partial charge >= 0.3 is 6.00 Å². The molecule has 18 heavy (non-hydrogen) atoms. The molecule has 1 aliphatic carbocycles. The van der Waals surface area contributed by atoms with Crippen LogP contribution in [0.5, 0.6) is 0 Å². The van der Waals surface area contributed by atoms with E-state index in [1.165, 1.54) is 6.42 Å². The van der Waals surface area contributed by atoms with E-state index >= 15 is 0 Å². The van der Waals surface area contributed by atoms with Gasteiger partial charge in [-0.05, 0) is 25.2 Å². The molecule has 0 nitrogen and oxygen atoms in total. The van der Waals surface area contributed by atoms with E-state index in [9.17, 15) is 0 Å². The fraction of sp³-hybridized carbons (Fsp3) is 1.00. The lowest BCUT2D eigenvalue weighted by Gasteiger charge is -2.49. The van der Waals surface area contributed by atoms with Crippen LogP contribution in [0.2, 0.25) is 0 Å². The van der Waals surface area contributed by atoms with Crippen molar-refractivity contribution >= 4 is 74.0 Å². The molecule has 7 heteroatoms. The highest BCUT2D eigenvalue weighted by Gasteiger charge is 2.66. The van der Waals surface area contributed by atoms with Crippen molar-refractivity contribution in [3.63, 3.8) is 0 Å². The van der Waals surface area contributed by atoms with E-state index in [1.807, 2.05) is 0 Å². The van der Waals surface area contributed by atoms with Crippen LogP contribution in [0.4, 0.5) is 0 Å². The zero-order valence-corrected chi connectivity index (χ0v) is 15.8. The second-order valence-corrected chi connectivity index (χ2v) is 16.0. The van der Waals surface area contributed by atoms with Crippen LogP contribution < -0.4 is 0 Å². The van der Waals surface area contributed by atoms with Crippen molar-refractivity contribution in [1.82, 2.24) is 0 Å². The molecule has 0 bridgehead atoms. The maximum absolute atomic E-state index is 6.55. The van der Waals surface area contributed by atoms with E-state index < -0.39 is 14.8 Å². The predicted molar refractivity (Wildman–Crippen MR) is 87.8 cm³/mol. The van der Waals surface area contributed by atoms with Crippen molar-refractivity contribution < 1.29 is 0 Å². The van der Waals surface area contributed by atoms with Crippen molar-refractivity contribution in [2.24, 2.45) is 5.92 Å². The van der Waals surface area contributed by atoms with Crippen molar-refractivity contribution in [2.75, 3.05) is 0 Å². The van der Waals surface area contributed by atoms with Gasteiger partial charge in [-0.25, -0.2) is 0 Å². The van der Waals surface area contributed by atoms with Gasteiger partial charge in [-0.15, -0.1) is 44.8 Å². The molecule has 1 fully saturated rings. The van der Waals surface area contributed by atoms with Gasteiger partial charge in [0.25, 0.3) is 0 Å². The summed E-state index contributed by atoms with van der Waals surface area (Å²) in [5, 5.41) is 0. The largest absolute Gasteiger partial charge is 0.364 e. The summed E-state index contributed by atoms with van der Waals surface area (Å²) < 4.78 is -2.22. The van der Waals surface area contributed by atoms with Crippen molar-refractivity contribution in [2.45, 2.75) is 60.7 Å². The molecule has 0 aliphatic heterocycles. The topological polar surface area (TPSA) is 0 Å². The van der Waals surface area contributed by atoms with E-state index in [0.29, 0.717) is 6.42 Å². The molecular weight excluding hydrogens is 373 g/mol. The first kappa shape index (κ1) is 18.0. The minimum Gasteiger partial charge on any atom is -0.124 e. The first-order chi connectivity index (χ1) is 8.17. The highest BCUT2D eigenvalue weighted by molar-refractivity contribution is 7.67. The highest BCUT2D eigenvalue weighted by Crippen LogP contribution is 2.60. The maximum atomic E-state index is 6.55. The van der Waals surface area contributed by atoms with Crippen molar-refractivity contribution in [3.05, 3.63) is 0 Å². The Bertz CT molecular complexity index is 277. The summed E-state index contributed by atoms with van der Waals surface area (Å²) in [5.41, 5.74) is 0. The zero-order valence-electron chi connectivity index (χ0n) is 10.3. The van der Waals surface area contributed by atoms with Gasteiger partial charge in [-0.3, -0.25) is 0 Å². The maximum Gasteiger partial charge on any atom is 0.364 e. The van der Waals surface area contributed by atoms with Gasteiger partial charge in [-0.2, -0.15) is 0 Å². The zero-order chi connectivity index (χ0) is 14.0. The molecule has 0 heterocycles. The highest BCUT2D eigenvalue weighted by atomic mass is 35.8. The number of rotatable bonds is 5. The Kier molecular flexibility index (Phi) is 6.81. The molecule has 0 radical (unpaired) electrons. The Morgan fingerprint density at radius 1 is 1.11 bits per heavy atom. The van der Waals surface area contributed by atoms with Crippen LogP contribution in [0.1, 0.15) is 51.9 Å². The minimum atomic E-state index is -3.19. The summed E-state index contributed by atoms with van der Waals surface area (Å²) in [6.45, 7) is 2.16. The molecular formula is C11H18Cl6Si. The van der Waals surface area contributed by atoms with Crippen LogP contribution in [0.3, 0.4) is 0 Å². The summed E-state index contributed by atoms with van der Waals surface area (Å²) >= 11 is 38.0. The molecule has 0 aromatic heterocycles. The van der Waals surface area contributed by atoms with Gasteiger partial charge < -0.3 is 0 Å². The molecule has 0 N–H and O–H groups in total. The lowest BCUT2D eigenvalue weighted by Crippen LogP contribution is -2.60. The molecule has 108 valence electrons. The predicted octanol–water partition coefficient (Wildman–Crippen LogP) is 6.71. The quantitative estimate of drug-likeness (QED) is 0.211. The van der Waals surface area contributed by atoms with E-state index in [4.69, 9.17) is 68.0 Å². The number of hydrogen-bond acceptors (Lipinski definition) is 0. The summed E-state index contributed by atoms with van der Waals surface area (Å²) in [7, 11) is 0. The second-order valence-electron chi connectivity index (χ2n) is 5.01. The van der Waals surface area contributed by atoms with Gasteiger partial charge in [0, 0.05) is 0 Å². The number of alkyl halides is 3. The third-order valence-corrected chi connectivity index (χ3v) is 12.1. The van der Waals surface area contributed by atoms with Gasteiger partial charge in [0.15, 0.2) is 0 Å². The van der Waals surface area contributed by atoms with Crippen molar-refractivity contribution in [1.29, 1.82) is 0 Å². The van der Waals surface area contributed by atoms with Gasteiger partial charge in [0.05, 0.1) is 0 Å². The van der Waals surface area contributed by atoms with Crippen LogP contribution in [-0.4, -0.2) is 14.8 Å². The molecule has 0 amide bonds. The third kappa shape index (κ3) is 3.58. The smallest absolute Gasteiger partial charge is 0.124 e. The van der Waals surface area contributed by atoms with Crippen LogP contribution in [0.15, 0.2) is 0 Å². The van der Waals surface area contributed by atoms with Gasteiger partial charge in [0.2, 0.25) is 0 Å². The average molecular weight is 391 g/mol. The molecule has 0 saturated heterocycles. The molecule has 0 spiro atoms. The number of halogens is 6. The molecule has 1 rings (SSSR count). The van der Waals surface area contributed by atoms with Crippen LogP contribution in [-0.2, 0) is 0 Å². The van der Waals surface area contributed by atoms with Gasteiger partial charge in [-0.1, -0.05) is 55.8 Å². The monoisotopic (exact) mass is 388 g/mol. The summed E-state index contributed by atoms with van der Waals surface area (Å²) in [6.07, 6.45) is 6.83. The number of hydrogen-bond donors (Lipinski definition) is 0. The van der Waals surface area contributed by atoms with Crippen molar-refractivity contribution in [3.8, 4) is 0 Å². The summed E-state index contributed by atoms with van der Waals surface area (Å²) in [6, 6.07) is -3.19. The summed E-state index contributed by atoms with van der Waals surface area (Å²) in [4.78, 5) is 0. The van der Waals surface area contributed by atoms with Crippen LogP contribution in [0.25, 0.3) is 0 Å². The summed E-state index contributed by atoms with van der Waals surface area (Å²) in [5.74, 6) is 0.113. The van der Waals surface area contributed by atoms with Crippen LogP contribution >= 0.6 is 68.0 Å². The molecule has 0 aromatic rings. The molecule has 0 aromatic carbocycles. The first-order valence-corrected chi connectivity index (χ1v) is 12.5. The SMILES string of the molecule is CCCCCC1CCCC(Cl)([Si](Cl)(Cl)Cl)C1(Cl)Cl. The fourth-order valence-electron chi connectivity index (χ4n) is 2.56. The second kappa shape index (κ2) is 6.81.